The predicted molar refractivity (Wildman–Crippen MR) is 117 cm³/mol. The number of benzene rings is 2. The van der Waals surface area contributed by atoms with Crippen molar-refractivity contribution in [3.05, 3.63) is 65.7 Å². The minimum absolute atomic E-state index is 0.0631. The van der Waals surface area contributed by atoms with Gasteiger partial charge in [-0.3, -0.25) is 14.4 Å². The number of carbonyl (C=O) groups is 3. The fourth-order valence-electron chi connectivity index (χ4n) is 3.96. The summed E-state index contributed by atoms with van der Waals surface area (Å²) in [7, 11) is 1.69. The van der Waals surface area contributed by atoms with Gasteiger partial charge >= 0.3 is 0 Å². The predicted octanol–water partition coefficient (Wildman–Crippen LogP) is 3.02. The van der Waals surface area contributed by atoms with Gasteiger partial charge in [0.15, 0.2) is 0 Å². The monoisotopic (exact) mass is 407 g/mol. The Morgan fingerprint density at radius 2 is 1.67 bits per heavy atom. The van der Waals surface area contributed by atoms with Crippen molar-refractivity contribution in [3.8, 4) is 0 Å². The molecule has 3 amide bonds. The number of fused-ring (bicyclic) bond motifs is 1. The minimum atomic E-state index is -0.778. The highest BCUT2D eigenvalue weighted by molar-refractivity contribution is 6.12. The summed E-state index contributed by atoms with van der Waals surface area (Å²) in [5.74, 6) is -0.739. The minimum Gasteiger partial charge on any atom is -0.352 e. The molecule has 6 nitrogen and oxygen atoms in total. The molecule has 0 fully saturated rings. The molecule has 30 heavy (non-hydrogen) atoms. The van der Waals surface area contributed by atoms with Crippen LogP contribution in [0.15, 0.2) is 54.6 Å². The Labute approximate surface area is 177 Å². The van der Waals surface area contributed by atoms with Crippen molar-refractivity contribution in [2.75, 3.05) is 11.9 Å². The summed E-state index contributed by atoms with van der Waals surface area (Å²) >= 11 is 0. The first-order valence-corrected chi connectivity index (χ1v) is 10.4. The number of rotatable bonds is 6. The molecule has 0 saturated carbocycles. The van der Waals surface area contributed by atoms with Gasteiger partial charge in [-0.1, -0.05) is 49.4 Å². The van der Waals surface area contributed by atoms with Gasteiger partial charge in [-0.05, 0) is 38.0 Å². The quantitative estimate of drug-likeness (QED) is 0.800. The van der Waals surface area contributed by atoms with Crippen LogP contribution in [0, 0.1) is 0 Å². The number of carbonyl (C=O) groups excluding carboxylic acids is 3. The summed E-state index contributed by atoms with van der Waals surface area (Å²) in [6.45, 7) is 5.62. The van der Waals surface area contributed by atoms with E-state index in [9.17, 15) is 14.4 Å². The van der Waals surface area contributed by atoms with E-state index in [1.807, 2.05) is 51.1 Å². The second-order valence-corrected chi connectivity index (χ2v) is 7.92. The summed E-state index contributed by atoms with van der Waals surface area (Å²) in [4.78, 5) is 43.3. The number of nitrogens with zero attached hydrogens (tertiary/aromatic N) is 2. The molecular formula is C24H29N3O3. The molecule has 0 aliphatic carbocycles. The summed E-state index contributed by atoms with van der Waals surface area (Å²) in [5.41, 5.74) is 1.93. The number of likely N-dealkylation sites (N-methyl/N-ethyl adjacent to an activating group) is 1. The summed E-state index contributed by atoms with van der Waals surface area (Å²) in [6, 6.07) is 15.1. The first kappa shape index (κ1) is 21.6. The van der Waals surface area contributed by atoms with Gasteiger partial charge in [0, 0.05) is 19.5 Å². The molecule has 2 aromatic rings. The van der Waals surface area contributed by atoms with Crippen LogP contribution in [0.25, 0.3) is 0 Å². The lowest BCUT2D eigenvalue weighted by atomic mass is 10.00. The van der Waals surface area contributed by atoms with E-state index >= 15 is 0 Å². The molecule has 158 valence electrons. The Morgan fingerprint density at radius 1 is 1.03 bits per heavy atom. The fourth-order valence-corrected chi connectivity index (χ4v) is 3.96. The van der Waals surface area contributed by atoms with E-state index in [0.29, 0.717) is 24.1 Å². The van der Waals surface area contributed by atoms with Gasteiger partial charge in [0.25, 0.3) is 5.91 Å². The Bertz CT molecular complexity index is 926. The van der Waals surface area contributed by atoms with Crippen molar-refractivity contribution >= 4 is 23.4 Å². The highest BCUT2D eigenvalue weighted by Gasteiger charge is 2.43. The molecule has 0 radical (unpaired) electrons. The first-order chi connectivity index (χ1) is 14.3. The third kappa shape index (κ3) is 4.22. The lowest BCUT2D eigenvalue weighted by molar-refractivity contribution is -0.130. The van der Waals surface area contributed by atoms with Crippen LogP contribution >= 0.6 is 0 Å². The normalized spacial score (nSPS) is 17.6. The molecule has 0 bridgehead atoms. The van der Waals surface area contributed by atoms with Crippen molar-refractivity contribution in [1.82, 2.24) is 10.2 Å². The van der Waals surface area contributed by atoms with E-state index in [4.69, 9.17) is 0 Å². The molecule has 0 aromatic heterocycles. The third-order valence-corrected chi connectivity index (χ3v) is 5.41. The lowest BCUT2D eigenvalue weighted by Crippen LogP contribution is -2.58. The second-order valence-electron chi connectivity index (χ2n) is 7.92. The van der Waals surface area contributed by atoms with E-state index < -0.39 is 12.1 Å². The average Bonchev–Trinajstić information content (AvgIpc) is 2.81. The number of anilines is 1. The lowest BCUT2D eigenvalue weighted by Gasteiger charge is -2.36. The van der Waals surface area contributed by atoms with E-state index in [-0.39, 0.29) is 23.8 Å². The van der Waals surface area contributed by atoms with Gasteiger partial charge in [0.1, 0.15) is 12.1 Å². The zero-order valence-corrected chi connectivity index (χ0v) is 18.0. The summed E-state index contributed by atoms with van der Waals surface area (Å²) < 4.78 is 0. The van der Waals surface area contributed by atoms with Crippen LogP contribution in [0.5, 0.6) is 0 Å². The number of para-hydroxylation sites is 1. The van der Waals surface area contributed by atoms with Gasteiger partial charge in [-0.2, -0.15) is 0 Å². The topological polar surface area (TPSA) is 69.7 Å². The summed E-state index contributed by atoms with van der Waals surface area (Å²) in [6.07, 6.45) is 0.754. The molecule has 2 atom stereocenters. The third-order valence-electron chi connectivity index (χ3n) is 5.41. The number of nitrogens with one attached hydrogen (secondary N) is 1. The fraction of sp³-hybridized carbons (Fsp3) is 0.375. The van der Waals surface area contributed by atoms with Crippen molar-refractivity contribution in [2.45, 2.75) is 51.7 Å². The molecule has 3 rings (SSSR count). The molecule has 0 spiro atoms. The molecular weight excluding hydrogens is 378 g/mol. The van der Waals surface area contributed by atoms with E-state index in [0.717, 1.165) is 5.56 Å². The Balaban J connectivity index is 2.11. The maximum atomic E-state index is 13.7. The van der Waals surface area contributed by atoms with Crippen LogP contribution in [-0.2, 0) is 16.0 Å². The van der Waals surface area contributed by atoms with Gasteiger partial charge in [-0.15, -0.1) is 0 Å². The smallest absolute Gasteiger partial charge is 0.257 e. The Kier molecular flexibility index (Phi) is 6.55. The van der Waals surface area contributed by atoms with E-state index in [1.165, 1.54) is 9.80 Å². The average molecular weight is 408 g/mol. The SMILES string of the molecule is CCC(C(=O)NC(C)C)N1C(=O)c2ccccc2N(C)C(=O)C1Cc1ccccc1. The van der Waals surface area contributed by atoms with Crippen molar-refractivity contribution in [3.63, 3.8) is 0 Å². The zero-order chi connectivity index (χ0) is 21.8. The van der Waals surface area contributed by atoms with E-state index in [1.54, 1.807) is 31.3 Å². The number of hydrogen-bond acceptors (Lipinski definition) is 3. The molecule has 1 N–H and O–H groups in total. The molecule has 6 heteroatoms. The van der Waals surface area contributed by atoms with Crippen LogP contribution in [0.3, 0.4) is 0 Å². The second kappa shape index (κ2) is 9.11. The maximum absolute atomic E-state index is 13.7. The maximum Gasteiger partial charge on any atom is 0.257 e. The molecule has 1 aliphatic rings. The number of amides is 3. The van der Waals surface area contributed by atoms with E-state index in [2.05, 4.69) is 5.32 Å². The molecule has 2 unspecified atom stereocenters. The van der Waals surface area contributed by atoms with Crippen molar-refractivity contribution in [2.24, 2.45) is 0 Å². The van der Waals surface area contributed by atoms with Crippen molar-refractivity contribution < 1.29 is 14.4 Å². The van der Waals surface area contributed by atoms with Gasteiger partial charge in [0.05, 0.1) is 11.3 Å². The van der Waals surface area contributed by atoms with Crippen LogP contribution in [-0.4, -0.2) is 47.8 Å². The van der Waals surface area contributed by atoms with Crippen LogP contribution < -0.4 is 10.2 Å². The number of hydrogen-bond donors (Lipinski definition) is 1. The van der Waals surface area contributed by atoms with Gasteiger partial charge < -0.3 is 15.1 Å². The summed E-state index contributed by atoms with van der Waals surface area (Å²) in [5, 5.41) is 2.91. The van der Waals surface area contributed by atoms with Crippen molar-refractivity contribution in [1.29, 1.82) is 0 Å². The first-order valence-electron chi connectivity index (χ1n) is 10.4. The molecule has 1 heterocycles. The highest BCUT2D eigenvalue weighted by Crippen LogP contribution is 2.30. The molecule has 0 saturated heterocycles. The van der Waals surface area contributed by atoms with Crippen LogP contribution in [0.4, 0.5) is 5.69 Å². The van der Waals surface area contributed by atoms with Gasteiger partial charge in [0.2, 0.25) is 11.8 Å². The van der Waals surface area contributed by atoms with Gasteiger partial charge in [-0.25, -0.2) is 0 Å². The van der Waals surface area contributed by atoms with Crippen LogP contribution in [0.2, 0.25) is 0 Å². The Morgan fingerprint density at radius 3 is 2.30 bits per heavy atom. The molecule has 1 aliphatic heterocycles. The molecule has 2 aromatic carbocycles. The standard InChI is InChI=1S/C24H29N3O3/c1-5-19(22(28)25-16(2)3)27-21(15-17-11-7-6-8-12-17)24(30)26(4)20-14-10-9-13-18(20)23(27)29/h6-14,16,19,21H,5,15H2,1-4H3,(H,25,28). The van der Waals surface area contributed by atoms with Crippen LogP contribution in [0.1, 0.15) is 43.1 Å². The zero-order valence-electron chi connectivity index (χ0n) is 18.0. The largest absolute Gasteiger partial charge is 0.352 e. The highest BCUT2D eigenvalue weighted by atomic mass is 16.2. The Hall–Kier alpha value is -3.15.